The lowest BCUT2D eigenvalue weighted by atomic mass is 10.2. The van der Waals surface area contributed by atoms with Crippen LogP contribution in [0.3, 0.4) is 0 Å². The Labute approximate surface area is 107 Å². The van der Waals surface area contributed by atoms with E-state index in [-0.39, 0.29) is 0 Å². The Morgan fingerprint density at radius 1 is 1.28 bits per heavy atom. The average Bonchev–Trinajstić information content (AvgIpc) is 3.03. The van der Waals surface area contributed by atoms with Crippen molar-refractivity contribution >= 4 is 0 Å². The third-order valence-electron chi connectivity index (χ3n) is 3.01. The molecular weight excluding hydrogens is 226 g/mol. The van der Waals surface area contributed by atoms with Crippen LogP contribution in [0.25, 0.3) is 11.3 Å². The molecule has 0 aliphatic heterocycles. The molecule has 18 heavy (non-hydrogen) atoms. The molecule has 0 bridgehead atoms. The van der Waals surface area contributed by atoms with Crippen LogP contribution in [0.5, 0.6) is 0 Å². The van der Waals surface area contributed by atoms with E-state index in [0.717, 1.165) is 49.4 Å². The number of aromatic nitrogens is 4. The van der Waals surface area contributed by atoms with E-state index in [9.17, 15) is 0 Å². The Hall–Kier alpha value is -1.62. The maximum Gasteiger partial charge on any atom is 0.106 e. The number of hydrogen-bond donors (Lipinski definition) is 2. The van der Waals surface area contributed by atoms with Crippen molar-refractivity contribution in [1.29, 1.82) is 0 Å². The van der Waals surface area contributed by atoms with Crippen molar-refractivity contribution in [3.8, 4) is 11.3 Å². The van der Waals surface area contributed by atoms with E-state index in [1.54, 1.807) is 0 Å². The molecule has 5 nitrogen and oxygen atoms in total. The van der Waals surface area contributed by atoms with Gasteiger partial charge in [0.25, 0.3) is 0 Å². The summed E-state index contributed by atoms with van der Waals surface area (Å²) in [5.41, 5.74) is 7.61. The van der Waals surface area contributed by atoms with Crippen LogP contribution < -0.4 is 5.73 Å². The molecule has 0 radical (unpaired) electrons. The summed E-state index contributed by atoms with van der Waals surface area (Å²) >= 11 is 0. The number of H-pyrrole nitrogens is 1. The zero-order valence-electron chi connectivity index (χ0n) is 10.9. The number of rotatable bonds is 7. The van der Waals surface area contributed by atoms with Crippen LogP contribution in [0, 0.1) is 0 Å². The third kappa shape index (κ3) is 3.20. The molecule has 5 heteroatoms. The number of unbranched alkanes of at least 4 members (excludes halogenated alkanes) is 2. The second kappa shape index (κ2) is 6.35. The molecule has 0 unspecified atom stereocenters. The Balaban J connectivity index is 1.93. The summed E-state index contributed by atoms with van der Waals surface area (Å²) in [7, 11) is 0. The molecule has 0 aromatic carbocycles. The number of aromatic amines is 1. The number of nitrogens with one attached hydrogen (secondary N) is 1. The minimum atomic E-state index is 0.777. The van der Waals surface area contributed by atoms with Crippen LogP contribution in [0.2, 0.25) is 0 Å². The fourth-order valence-electron chi connectivity index (χ4n) is 1.93. The number of nitrogens with zero attached hydrogens (tertiary/aromatic N) is 3. The van der Waals surface area contributed by atoms with E-state index in [0.29, 0.717) is 0 Å². The Morgan fingerprint density at radius 3 is 2.89 bits per heavy atom. The standard InChI is InChI=1S/C13H21N5/c1-2-18-10-11(8-16-18)12-9-15-13(17-12)6-4-3-5-7-14/h8-10H,2-7,14H2,1H3,(H,15,17). The summed E-state index contributed by atoms with van der Waals surface area (Å²) in [6.07, 6.45) is 10.2. The topological polar surface area (TPSA) is 72.5 Å². The first-order chi connectivity index (χ1) is 8.83. The Kier molecular flexibility index (Phi) is 4.52. The molecule has 2 aromatic heterocycles. The van der Waals surface area contributed by atoms with Gasteiger partial charge in [0.15, 0.2) is 0 Å². The zero-order valence-corrected chi connectivity index (χ0v) is 10.9. The highest BCUT2D eigenvalue weighted by Crippen LogP contribution is 2.16. The summed E-state index contributed by atoms with van der Waals surface area (Å²) in [5, 5.41) is 4.26. The Bertz CT molecular complexity index is 471. The molecule has 2 heterocycles. The molecule has 0 fully saturated rings. The fourth-order valence-corrected chi connectivity index (χ4v) is 1.93. The molecule has 0 aliphatic carbocycles. The van der Waals surface area contributed by atoms with Crippen molar-refractivity contribution in [2.75, 3.05) is 6.54 Å². The number of hydrogen-bond acceptors (Lipinski definition) is 3. The average molecular weight is 247 g/mol. The van der Waals surface area contributed by atoms with E-state index in [1.165, 1.54) is 6.42 Å². The lowest BCUT2D eigenvalue weighted by Gasteiger charge is -1.96. The van der Waals surface area contributed by atoms with Gasteiger partial charge in [-0.1, -0.05) is 6.42 Å². The van der Waals surface area contributed by atoms with Crippen LogP contribution in [0.1, 0.15) is 32.0 Å². The number of nitrogens with two attached hydrogens (primary N) is 1. The number of aryl methyl sites for hydroxylation is 2. The summed E-state index contributed by atoms with van der Waals surface area (Å²) in [4.78, 5) is 7.75. The van der Waals surface area contributed by atoms with Gasteiger partial charge < -0.3 is 10.7 Å². The van der Waals surface area contributed by atoms with Gasteiger partial charge in [0, 0.05) is 24.7 Å². The maximum absolute atomic E-state index is 5.47. The fraction of sp³-hybridized carbons (Fsp3) is 0.538. The van der Waals surface area contributed by atoms with Crippen LogP contribution in [0.4, 0.5) is 0 Å². The van der Waals surface area contributed by atoms with Gasteiger partial charge in [0.2, 0.25) is 0 Å². The number of imidazole rings is 1. The summed E-state index contributed by atoms with van der Waals surface area (Å²) in [5.74, 6) is 1.05. The van der Waals surface area contributed by atoms with Gasteiger partial charge in [0.05, 0.1) is 18.1 Å². The van der Waals surface area contributed by atoms with E-state index in [2.05, 4.69) is 22.0 Å². The lowest BCUT2D eigenvalue weighted by molar-refractivity contribution is 0.660. The zero-order chi connectivity index (χ0) is 12.8. The minimum Gasteiger partial charge on any atom is -0.342 e. The highest BCUT2D eigenvalue weighted by Gasteiger charge is 2.05. The van der Waals surface area contributed by atoms with Crippen molar-refractivity contribution in [3.63, 3.8) is 0 Å². The normalized spacial score (nSPS) is 11.0. The molecular formula is C13H21N5. The SMILES string of the molecule is CCn1cc(-c2cnc(CCCCCN)[nH]2)cn1. The molecule has 2 aromatic rings. The molecule has 0 saturated carbocycles. The third-order valence-corrected chi connectivity index (χ3v) is 3.01. The van der Waals surface area contributed by atoms with Crippen LogP contribution in [0.15, 0.2) is 18.6 Å². The van der Waals surface area contributed by atoms with Gasteiger partial charge >= 0.3 is 0 Å². The molecule has 3 N–H and O–H groups in total. The second-order valence-electron chi connectivity index (χ2n) is 4.43. The van der Waals surface area contributed by atoms with Gasteiger partial charge in [-0.15, -0.1) is 0 Å². The largest absolute Gasteiger partial charge is 0.342 e. The highest BCUT2D eigenvalue weighted by molar-refractivity contribution is 5.55. The lowest BCUT2D eigenvalue weighted by Crippen LogP contribution is -1.98. The quantitative estimate of drug-likeness (QED) is 0.735. The van der Waals surface area contributed by atoms with Crippen LogP contribution in [-0.4, -0.2) is 26.3 Å². The van der Waals surface area contributed by atoms with Crippen molar-refractivity contribution in [2.45, 2.75) is 39.2 Å². The molecule has 0 atom stereocenters. The molecule has 2 rings (SSSR count). The predicted molar refractivity (Wildman–Crippen MR) is 72.1 cm³/mol. The summed E-state index contributed by atoms with van der Waals surface area (Å²) in [6, 6.07) is 0. The Morgan fingerprint density at radius 2 is 2.17 bits per heavy atom. The van der Waals surface area contributed by atoms with Gasteiger partial charge in [0.1, 0.15) is 5.82 Å². The molecule has 0 amide bonds. The molecule has 0 saturated heterocycles. The highest BCUT2D eigenvalue weighted by atomic mass is 15.3. The molecule has 0 aliphatic rings. The molecule has 0 spiro atoms. The first kappa shape index (κ1) is 12.8. The van der Waals surface area contributed by atoms with Gasteiger partial charge in [-0.05, 0) is 26.3 Å². The first-order valence-corrected chi connectivity index (χ1v) is 6.60. The minimum absolute atomic E-state index is 0.777. The van der Waals surface area contributed by atoms with E-state index >= 15 is 0 Å². The van der Waals surface area contributed by atoms with Gasteiger partial charge in [-0.25, -0.2) is 4.98 Å². The van der Waals surface area contributed by atoms with Crippen molar-refractivity contribution in [1.82, 2.24) is 19.7 Å². The van der Waals surface area contributed by atoms with Crippen molar-refractivity contribution < 1.29 is 0 Å². The summed E-state index contributed by atoms with van der Waals surface area (Å²) < 4.78 is 1.91. The van der Waals surface area contributed by atoms with Crippen LogP contribution >= 0.6 is 0 Å². The second-order valence-corrected chi connectivity index (χ2v) is 4.43. The summed E-state index contributed by atoms with van der Waals surface area (Å²) in [6.45, 7) is 3.74. The van der Waals surface area contributed by atoms with E-state index < -0.39 is 0 Å². The van der Waals surface area contributed by atoms with Crippen LogP contribution in [-0.2, 0) is 13.0 Å². The van der Waals surface area contributed by atoms with E-state index in [1.807, 2.05) is 23.3 Å². The van der Waals surface area contributed by atoms with Crippen molar-refractivity contribution in [2.24, 2.45) is 5.73 Å². The maximum atomic E-state index is 5.47. The molecule has 98 valence electrons. The van der Waals surface area contributed by atoms with Gasteiger partial charge in [-0.3, -0.25) is 4.68 Å². The van der Waals surface area contributed by atoms with Gasteiger partial charge in [-0.2, -0.15) is 5.10 Å². The monoisotopic (exact) mass is 247 g/mol. The van der Waals surface area contributed by atoms with E-state index in [4.69, 9.17) is 5.73 Å². The van der Waals surface area contributed by atoms with Crippen molar-refractivity contribution in [3.05, 3.63) is 24.4 Å². The first-order valence-electron chi connectivity index (χ1n) is 6.60. The smallest absolute Gasteiger partial charge is 0.106 e. The predicted octanol–water partition coefficient (Wildman–Crippen LogP) is 1.96.